The molecule has 0 aliphatic heterocycles. The molecule has 0 saturated carbocycles. The highest BCUT2D eigenvalue weighted by atomic mass is 16.5. The fourth-order valence-corrected chi connectivity index (χ4v) is 2.42. The molecule has 0 radical (unpaired) electrons. The molecule has 1 aromatic rings. The largest absolute Gasteiger partial charge is 0.481 e. The van der Waals surface area contributed by atoms with Crippen LogP contribution in [0, 0.1) is 11.8 Å². The number of carboxylic acid groups (broad SMARTS) is 1. The van der Waals surface area contributed by atoms with E-state index in [2.05, 4.69) is 10.1 Å². The number of hydrogen-bond donors (Lipinski definition) is 2. The number of nitrogens with one attached hydrogen (secondary N) is 1. The molecule has 0 aromatic heterocycles. The zero-order chi connectivity index (χ0) is 16.1. The van der Waals surface area contributed by atoms with Crippen molar-refractivity contribution >= 4 is 23.5 Å². The third-order valence-corrected chi connectivity index (χ3v) is 3.66. The highest BCUT2D eigenvalue weighted by Crippen LogP contribution is 2.27. The van der Waals surface area contributed by atoms with Crippen LogP contribution in [0.3, 0.4) is 0 Å². The number of ether oxygens (including phenoxy) is 1. The Balaban J connectivity index is 2.06. The van der Waals surface area contributed by atoms with Crippen molar-refractivity contribution < 1.29 is 24.2 Å². The first-order valence-electron chi connectivity index (χ1n) is 6.90. The molecule has 6 nitrogen and oxygen atoms in total. The normalized spacial score (nSPS) is 20.2. The second-order valence-electron chi connectivity index (χ2n) is 5.05. The van der Waals surface area contributed by atoms with Gasteiger partial charge in [-0.25, -0.2) is 4.79 Å². The van der Waals surface area contributed by atoms with Crippen LogP contribution in [-0.2, 0) is 14.3 Å². The molecule has 0 saturated heterocycles. The summed E-state index contributed by atoms with van der Waals surface area (Å²) < 4.78 is 4.59. The molecule has 2 atom stereocenters. The summed E-state index contributed by atoms with van der Waals surface area (Å²) in [6, 6.07) is 6.24. The predicted octanol–water partition coefficient (Wildman–Crippen LogP) is 2.08. The number of carbonyl (C=O) groups is 3. The van der Waals surface area contributed by atoms with Crippen LogP contribution in [-0.4, -0.2) is 30.1 Å². The molecule has 0 spiro atoms. The maximum absolute atomic E-state index is 12.3. The monoisotopic (exact) mass is 303 g/mol. The summed E-state index contributed by atoms with van der Waals surface area (Å²) in [5.74, 6) is -3.06. The van der Waals surface area contributed by atoms with Crippen molar-refractivity contribution in [3.8, 4) is 0 Å². The first-order chi connectivity index (χ1) is 10.5. The van der Waals surface area contributed by atoms with Gasteiger partial charge in [0, 0.05) is 5.69 Å². The molecule has 0 unspecified atom stereocenters. The Morgan fingerprint density at radius 2 is 1.68 bits per heavy atom. The number of methoxy groups -OCH3 is 1. The van der Waals surface area contributed by atoms with Crippen LogP contribution < -0.4 is 5.32 Å². The van der Waals surface area contributed by atoms with Crippen LogP contribution in [0.15, 0.2) is 36.4 Å². The first-order valence-corrected chi connectivity index (χ1v) is 6.90. The highest BCUT2D eigenvalue weighted by molar-refractivity contribution is 5.96. The van der Waals surface area contributed by atoms with Gasteiger partial charge in [0.2, 0.25) is 5.91 Å². The van der Waals surface area contributed by atoms with Crippen LogP contribution in [0.25, 0.3) is 0 Å². The van der Waals surface area contributed by atoms with Gasteiger partial charge in [-0.15, -0.1) is 0 Å². The number of carboxylic acids is 1. The van der Waals surface area contributed by atoms with Gasteiger partial charge in [-0.3, -0.25) is 9.59 Å². The van der Waals surface area contributed by atoms with E-state index in [0.717, 1.165) is 0 Å². The van der Waals surface area contributed by atoms with E-state index >= 15 is 0 Å². The number of anilines is 1. The van der Waals surface area contributed by atoms with Crippen molar-refractivity contribution in [3.63, 3.8) is 0 Å². The Labute approximate surface area is 127 Å². The lowest BCUT2D eigenvalue weighted by molar-refractivity contribution is -0.146. The van der Waals surface area contributed by atoms with E-state index < -0.39 is 23.8 Å². The Bertz CT molecular complexity index is 605. The minimum atomic E-state index is -0.967. The van der Waals surface area contributed by atoms with Crippen molar-refractivity contribution in [1.82, 2.24) is 0 Å². The molecular formula is C16H17NO5. The second kappa shape index (κ2) is 6.89. The number of carbonyl (C=O) groups excluding carboxylic acids is 2. The van der Waals surface area contributed by atoms with Crippen molar-refractivity contribution in [2.75, 3.05) is 12.4 Å². The average Bonchev–Trinajstić information content (AvgIpc) is 2.54. The molecule has 1 aliphatic carbocycles. The maximum atomic E-state index is 12.3. The Morgan fingerprint density at radius 1 is 1.09 bits per heavy atom. The van der Waals surface area contributed by atoms with Crippen LogP contribution in [0.2, 0.25) is 0 Å². The third kappa shape index (κ3) is 3.52. The van der Waals surface area contributed by atoms with Gasteiger partial charge in [0.25, 0.3) is 0 Å². The van der Waals surface area contributed by atoms with Gasteiger partial charge in [0.1, 0.15) is 0 Å². The lowest BCUT2D eigenvalue weighted by Crippen LogP contribution is -2.34. The van der Waals surface area contributed by atoms with E-state index in [0.29, 0.717) is 24.1 Å². The molecule has 116 valence electrons. The third-order valence-electron chi connectivity index (χ3n) is 3.66. The molecular weight excluding hydrogens is 286 g/mol. The molecule has 22 heavy (non-hydrogen) atoms. The average molecular weight is 303 g/mol. The molecule has 1 aliphatic rings. The number of amides is 1. The maximum Gasteiger partial charge on any atom is 0.337 e. The van der Waals surface area contributed by atoms with Crippen LogP contribution in [0.1, 0.15) is 23.2 Å². The number of allylic oxidation sites excluding steroid dienone is 2. The van der Waals surface area contributed by atoms with E-state index in [1.807, 2.05) is 6.08 Å². The molecule has 1 aromatic carbocycles. The highest BCUT2D eigenvalue weighted by Gasteiger charge is 2.33. The molecule has 0 bridgehead atoms. The van der Waals surface area contributed by atoms with Gasteiger partial charge in [-0.05, 0) is 37.1 Å². The summed E-state index contributed by atoms with van der Waals surface area (Å²) in [7, 11) is 1.29. The molecule has 6 heteroatoms. The van der Waals surface area contributed by atoms with Gasteiger partial charge in [0.05, 0.1) is 24.5 Å². The number of aliphatic carboxylic acids is 1. The zero-order valence-electron chi connectivity index (χ0n) is 12.1. The van der Waals surface area contributed by atoms with Crippen molar-refractivity contribution in [2.24, 2.45) is 11.8 Å². The van der Waals surface area contributed by atoms with E-state index in [1.165, 1.54) is 19.2 Å². The summed E-state index contributed by atoms with van der Waals surface area (Å²) in [5, 5.41) is 11.9. The number of benzene rings is 1. The lowest BCUT2D eigenvalue weighted by atomic mass is 9.82. The molecule has 1 amide bonds. The number of hydrogen-bond acceptors (Lipinski definition) is 4. The number of rotatable bonds is 4. The standard InChI is InChI=1S/C16H17NO5/c1-22-16(21)10-6-8-11(9-7-10)17-14(18)12-4-2-3-5-13(12)15(19)20/h2-3,6-9,12-13H,4-5H2,1H3,(H,17,18)(H,19,20)/t12-,13-/m1/s1. The smallest absolute Gasteiger partial charge is 0.337 e. The molecule has 2 rings (SSSR count). The van der Waals surface area contributed by atoms with Crippen molar-refractivity contribution in [2.45, 2.75) is 12.8 Å². The van der Waals surface area contributed by atoms with Crippen molar-refractivity contribution in [3.05, 3.63) is 42.0 Å². The Kier molecular flexibility index (Phi) is 4.93. The fraction of sp³-hybridized carbons (Fsp3) is 0.312. The van der Waals surface area contributed by atoms with Gasteiger partial charge >= 0.3 is 11.9 Å². The van der Waals surface area contributed by atoms with E-state index in [-0.39, 0.29) is 5.91 Å². The first kappa shape index (κ1) is 15.8. The van der Waals surface area contributed by atoms with Gasteiger partial charge in [-0.2, -0.15) is 0 Å². The van der Waals surface area contributed by atoms with Crippen LogP contribution >= 0.6 is 0 Å². The van der Waals surface area contributed by atoms with Crippen LogP contribution in [0.4, 0.5) is 5.69 Å². The molecule has 0 fully saturated rings. The fourth-order valence-electron chi connectivity index (χ4n) is 2.42. The summed E-state index contributed by atoms with van der Waals surface area (Å²) in [4.78, 5) is 34.8. The van der Waals surface area contributed by atoms with E-state index in [9.17, 15) is 19.5 Å². The second-order valence-corrected chi connectivity index (χ2v) is 5.05. The summed E-state index contributed by atoms with van der Waals surface area (Å²) >= 11 is 0. The van der Waals surface area contributed by atoms with Gasteiger partial charge in [0.15, 0.2) is 0 Å². The minimum absolute atomic E-state index is 0.331. The summed E-state index contributed by atoms with van der Waals surface area (Å²) in [6.45, 7) is 0. The number of esters is 1. The van der Waals surface area contributed by atoms with Crippen molar-refractivity contribution in [1.29, 1.82) is 0 Å². The van der Waals surface area contributed by atoms with Gasteiger partial charge in [-0.1, -0.05) is 12.2 Å². The molecule has 0 heterocycles. The Morgan fingerprint density at radius 3 is 2.23 bits per heavy atom. The van der Waals surface area contributed by atoms with E-state index in [1.54, 1.807) is 18.2 Å². The quantitative estimate of drug-likeness (QED) is 0.656. The minimum Gasteiger partial charge on any atom is -0.481 e. The van der Waals surface area contributed by atoms with E-state index in [4.69, 9.17) is 0 Å². The summed E-state index contributed by atoms with van der Waals surface area (Å²) in [5.41, 5.74) is 0.890. The van der Waals surface area contributed by atoms with Crippen LogP contribution in [0.5, 0.6) is 0 Å². The predicted molar refractivity (Wildman–Crippen MR) is 79.4 cm³/mol. The van der Waals surface area contributed by atoms with Gasteiger partial charge < -0.3 is 15.2 Å². The lowest BCUT2D eigenvalue weighted by Gasteiger charge is -2.24. The zero-order valence-corrected chi connectivity index (χ0v) is 12.1. The Hall–Kier alpha value is -2.63. The topological polar surface area (TPSA) is 92.7 Å². The SMILES string of the molecule is COC(=O)c1ccc(NC(=O)[C@@H]2CC=CC[C@H]2C(=O)O)cc1. The molecule has 2 N–H and O–H groups in total. The summed E-state index contributed by atoms with van der Waals surface area (Å²) in [6.07, 6.45) is 4.37.